The lowest BCUT2D eigenvalue weighted by atomic mass is 9.94. The summed E-state index contributed by atoms with van der Waals surface area (Å²) in [7, 11) is 0. The second kappa shape index (κ2) is 6.74. The topological polar surface area (TPSA) is 82.2 Å². The lowest BCUT2D eigenvalue weighted by Crippen LogP contribution is -2.47. The first-order chi connectivity index (χ1) is 13.7. The molecule has 3 aromatic rings. The van der Waals surface area contributed by atoms with Gasteiger partial charge in [-0.2, -0.15) is 5.10 Å². The van der Waals surface area contributed by atoms with Crippen molar-refractivity contribution < 1.29 is 9.59 Å². The normalized spacial score (nSPS) is 21.9. The van der Waals surface area contributed by atoms with E-state index < -0.39 is 0 Å². The van der Waals surface area contributed by atoms with E-state index in [0.29, 0.717) is 25.3 Å². The Hall–Kier alpha value is -3.22. The summed E-state index contributed by atoms with van der Waals surface area (Å²) < 4.78 is 0. The van der Waals surface area contributed by atoms with Crippen LogP contribution in [0.2, 0.25) is 0 Å². The average Bonchev–Trinajstić information content (AvgIpc) is 2.97. The molecule has 2 amide bonds. The molecule has 2 bridgehead atoms. The summed E-state index contributed by atoms with van der Waals surface area (Å²) in [4.78, 5) is 34.3. The number of hydrogen-bond acceptors (Lipinski definition) is 4. The molecule has 3 fully saturated rings. The zero-order valence-corrected chi connectivity index (χ0v) is 15.4. The molecule has 5 heterocycles. The molecule has 142 valence electrons. The summed E-state index contributed by atoms with van der Waals surface area (Å²) in [6.45, 7) is 1.48. The van der Waals surface area contributed by atoms with Gasteiger partial charge in [-0.1, -0.05) is 24.3 Å². The van der Waals surface area contributed by atoms with Gasteiger partial charge in [-0.05, 0) is 31.0 Å². The minimum Gasteiger partial charge on any atom is -0.334 e. The smallest absolute Gasteiger partial charge is 0.275 e. The monoisotopic (exact) mass is 375 g/mol. The molecular weight excluding hydrogens is 354 g/mol. The van der Waals surface area contributed by atoms with Crippen LogP contribution in [0.3, 0.4) is 0 Å². The molecule has 3 aliphatic heterocycles. The minimum atomic E-state index is -0.156. The number of benzene rings is 1. The van der Waals surface area contributed by atoms with Crippen LogP contribution in [0, 0.1) is 5.92 Å². The van der Waals surface area contributed by atoms with Crippen LogP contribution in [0.4, 0.5) is 0 Å². The fourth-order valence-corrected chi connectivity index (χ4v) is 4.36. The summed E-state index contributed by atoms with van der Waals surface area (Å²) in [5.74, 6) is -0.137. The Morgan fingerprint density at radius 3 is 2.82 bits per heavy atom. The number of para-hydroxylation sites is 1. The van der Waals surface area contributed by atoms with Crippen LogP contribution in [-0.2, 0) is 11.3 Å². The van der Waals surface area contributed by atoms with Crippen molar-refractivity contribution in [3.8, 4) is 0 Å². The predicted molar refractivity (Wildman–Crippen MR) is 103 cm³/mol. The van der Waals surface area contributed by atoms with Crippen LogP contribution >= 0.6 is 0 Å². The Kier molecular flexibility index (Phi) is 4.07. The summed E-state index contributed by atoms with van der Waals surface area (Å²) in [5, 5.41) is 8.00. The van der Waals surface area contributed by atoms with E-state index in [1.807, 2.05) is 47.4 Å². The Morgan fingerprint density at radius 1 is 1.11 bits per heavy atom. The van der Waals surface area contributed by atoms with Crippen molar-refractivity contribution in [3.63, 3.8) is 0 Å². The number of pyridine rings is 1. The highest BCUT2D eigenvalue weighted by atomic mass is 16.2. The van der Waals surface area contributed by atoms with Crippen molar-refractivity contribution in [1.82, 2.24) is 25.0 Å². The van der Waals surface area contributed by atoms with Crippen LogP contribution in [0.5, 0.6) is 0 Å². The molecule has 2 atom stereocenters. The molecule has 0 saturated carbocycles. The summed E-state index contributed by atoms with van der Waals surface area (Å²) in [6, 6.07) is 13.4. The maximum Gasteiger partial charge on any atom is 0.275 e. The highest BCUT2D eigenvalue weighted by Crippen LogP contribution is 2.31. The molecule has 2 unspecified atom stereocenters. The number of aromatic nitrogens is 3. The lowest BCUT2D eigenvalue weighted by Gasteiger charge is -2.35. The van der Waals surface area contributed by atoms with Gasteiger partial charge in [-0.25, -0.2) is 0 Å². The fourth-order valence-electron chi connectivity index (χ4n) is 4.36. The van der Waals surface area contributed by atoms with Crippen molar-refractivity contribution in [1.29, 1.82) is 0 Å². The van der Waals surface area contributed by atoms with Gasteiger partial charge < -0.3 is 9.80 Å². The molecule has 6 rings (SSSR count). The van der Waals surface area contributed by atoms with Gasteiger partial charge in [0.2, 0.25) is 5.91 Å². The second-order valence-electron chi connectivity index (χ2n) is 7.54. The molecule has 1 N–H and O–H groups in total. The molecule has 7 heteroatoms. The van der Waals surface area contributed by atoms with Gasteiger partial charge in [-0.3, -0.25) is 19.7 Å². The third-order valence-corrected chi connectivity index (χ3v) is 5.81. The molecule has 7 nitrogen and oxygen atoms in total. The molecule has 2 aromatic heterocycles. The summed E-state index contributed by atoms with van der Waals surface area (Å²) in [5.41, 5.74) is 2.15. The van der Waals surface area contributed by atoms with E-state index in [9.17, 15) is 9.59 Å². The van der Waals surface area contributed by atoms with E-state index >= 15 is 0 Å². The van der Waals surface area contributed by atoms with Crippen molar-refractivity contribution in [3.05, 3.63) is 60.0 Å². The number of hydrogen-bond donors (Lipinski definition) is 1. The standard InChI is InChI=1S/C21H21N5O2/c27-20-14-8-9-16(26(20)12-15-5-3-4-10-22-15)13-25(11-14)21(28)19-17-6-1-2-7-18(17)23-24-19/h1-7,10,14,16H,8-9,11-13H2,(H,23,24). The number of piperidine rings is 1. The van der Waals surface area contributed by atoms with Crippen molar-refractivity contribution in [2.75, 3.05) is 13.1 Å². The minimum absolute atomic E-state index is 0.0161. The van der Waals surface area contributed by atoms with E-state index in [1.165, 1.54) is 0 Å². The Bertz CT molecular complexity index is 1030. The number of H-pyrrole nitrogens is 1. The van der Waals surface area contributed by atoms with Crippen LogP contribution < -0.4 is 0 Å². The van der Waals surface area contributed by atoms with Gasteiger partial charge in [0.25, 0.3) is 5.91 Å². The maximum atomic E-state index is 13.2. The molecule has 3 saturated heterocycles. The van der Waals surface area contributed by atoms with Gasteiger partial charge in [0.1, 0.15) is 0 Å². The third kappa shape index (κ3) is 2.83. The van der Waals surface area contributed by atoms with Gasteiger partial charge >= 0.3 is 0 Å². The lowest BCUT2D eigenvalue weighted by molar-refractivity contribution is -0.140. The number of aromatic amines is 1. The molecule has 0 spiro atoms. The first kappa shape index (κ1) is 16.9. The quantitative estimate of drug-likeness (QED) is 0.761. The highest BCUT2D eigenvalue weighted by molar-refractivity contribution is 6.04. The Balaban J connectivity index is 1.41. The van der Waals surface area contributed by atoms with Gasteiger partial charge in [0.05, 0.1) is 23.7 Å². The van der Waals surface area contributed by atoms with Gasteiger partial charge in [0.15, 0.2) is 5.69 Å². The Labute approximate surface area is 162 Å². The zero-order chi connectivity index (χ0) is 19.1. The van der Waals surface area contributed by atoms with Crippen LogP contribution in [-0.4, -0.2) is 55.9 Å². The van der Waals surface area contributed by atoms with E-state index in [2.05, 4.69) is 15.2 Å². The number of rotatable bonds is 3. The van der Waals surface area contributed by atoms with Crippen LogP contribution in [0.25, 0.3) is 10.9 Å². The summed E-state index contributed by atoms with van der Waals surface area (Å²) >= 11 is 0. The number of fused-ring (bicyclic) bond motifs is 5. The largest absolute Gasteiger partial charge is 0.334 e. The van der Waals surface area contributed by atoms with Gasteiger partial charge in [-0.15, -0.1) is 0 Å². The molecule has 28 heavy (non-hydrogen) atoms. The van der Waals surface area contributed by atoms with E-state index in [-0.39, 0.29) is 23.8 Å². The van der Waals surface area contributed by atoms with Crippen molar-refractivity contribution in [2.24, 2.45) is 5.92 Å². The SMILES string of the molecule is O=C(c1n[nH]c2ccccc12)N1CC2CCC(C1)N(Cc1ccccn1)C2=O. The number of nitrogens with one attached hydrogen (secondary N) is 1. The molecule has 1 aromatic carbocycles. The zero-order valence-electron chi connectivity index (χ0n) is 15.4. The molecule has 0 radical (unpaired) electrons. The molecule has 3 aliphatic rings. The van der Waals surface area contributed by atoms with E-state index in [1.54, 1.807) is 11.1 Å². The maximum absolute atomic E-state index is 13.2. The van der Waals surface area contributed by atoms with Crippen molar-refractivity contribution in [2.45, 2.75) is 25.4 Å². The number of amides is 2. The predicted octanol–water partition coefficient (Wildman–Crippen LogP) is 2.22. The van der Waals surface area contributed by atoms with E-state index in [4.69, 9.17) is 0 Å². The van der Waals surface area contributed by atoms with E-state index in [0.717, 1.165) is 29.4 Å². The highest BCUT2D eigenvalue weighted by Gasteiger charge is 2.42. The average molecular weight is 375 g/mol. The summed E-state index contributed by atoms with van der Waals surface area (Å²) in [6.07, 6.45) is 3.48. The number of carbonyl (C=O) groups excluding carboxylic acids is 2. The van der Waals surface area contributed by atoms with Crippen LogP contribution in [0.1, 0.15) is 29.0 Å². The first-order valence-electron chi connectivity index (χ1n) is 9.63. The van der Waals surface area contributed by atoms with Gasteiger partial charge in [0, 0.05) is 30.7 Å². The van der Waals surface area contributed by atoms with Crippen molar-refractivity contribution >= 4 is 22.7 Å². The second-order valence-corrected chi connectivity index (χ2v) is 7.54. The third-order valence-electron chi connectivity index (χ3n) is 5.81. The number of carbonyl (C=O) groups is 2. The Morgan fingerprint density at radius 2 is 1.96 bits per heavy atom. The molecule has 0 aliphatic carbocycles. The number of nitrogens with zero attached hydrogens (tertiary/aromatic N) is 4. The molecular formula is C21H21N5O2. The first-order valence-corrected chi connectivity index (χ1v) is 9.63. The fraction of sp³-hybridized carbons (Fsp3) is 0.333. The van der Waals surface area contributed by atoms with Crippen LogP contribution in [0.15, 0.2) is 48.7 Å².